The third kappa shape index (κ3) is 5.00. The number of fused-ring (bicyclic) bond motifs is 3. The van der Waals surface area contributed by atoms with Crippen molar-refractivity contribution in [2.75, 3.05) is 6.54 Å². The fourth-order valence-corrected chi connectivity index (χ4v) is 5.52. The maximum absolute atomic E-state index is 13.1. The maximum Gasteiger partial charge on any atom is 0.165 e. The van der Waals surface area contributed by atoms with Crippen LogP contribution in [0.25, 0.3) is 21.9 Å². The average molecular weight is 491 g/mol. The van der Waals surface area contributed by atoms with E-state index in [1.165, 1.54) is 11.3 Å². The summed E-state index contributed by atoms with van der Waals surface area (Å²) >= 11 is 0. The van der Waals surface area contributed by atoms with Gasteiger partial charge >= 0.3 is 0 Å². The van der Waals surface area contributed by atoms with E-state index in [0.29, 0.717) is 12.0 Å². The quantitative estimate of drug-likeness (QED) is 0.206. The summed E-state index contributed by atoms with van der Waals surface area (Å²) in [6.45, 7) is 1.60. The Morgan fingerprint density at radius 2 is 1.86 bits per heavy atom. The molecule has 1 aliphatic rings. The number of pyridine rings is 1. The zero-order chi connectivity index (χ0) is 25.0. The van der Waals surface area contributed by atoms with E-state index < -0.39 is 0 Å². The SMILES string of the molecule is O=C(CCCCN(Cc1nc2ccccc2[nH]1)C1CCCc2cccnc21)c1cnnc2ccccc12. The highest BCUT2D eigenvalue weighted by Crippen LogP contribution is 2.34. The first kappa shape index (κ1) is 23.4. The molecule has 0 saturated heterocycles. The normalized spacial score (nSPS) is 15.3. The number of nitrogens with zero attached hydrogens (tertiary/aromatic N) is 5. The molecule has 0 amide bonds. The predicted molar refractivity (Wildman–Crippen MR) is 144 cm³/mol. The Hall–Kier alpha value is -3.97. The molecule has 0 bridgehead atoms. The van der Waals surface area contributed by atoms with Gasteiger partial charge in [-0.05, 0) is 68.5 Å². The zero-order valence-corrected chi connectivity index (χ0v) is 20.8. The number of ketones is 1. The number of carbonyl (C=O) groups is 1. The summed E-state index contributed by atoms with van der Waals surface area (Å²) in [6.07, 6.45) is 9.05. The molecule has 5 aromatic rings. The van der Waals surface area contributed by atoms with E-state index in [2.05, 4.69) is 32.2 Å². The number of benzene rings is 2. The minimum absolute atomic E-state index is 0.125. The van der Waals surface area contributed by atoms with Gasteiger partial charge in [-0.1, -0.05) is 36.4 Å². The number of carbonyl (C=O) groups excluding carboxylic acids is 1. The fourth-order valence-electron chi connectivity index (χ4n) is 5.52. The van der Waals surface area contributed by atoms with Crippen molar-refractivity contribution in [3.8, 4) is 0 Å². The number of hydrogen-bond acceptors (Lipinski definition) is 6. The number of H-pyrrole nitrogens is 1. The van der Waals surface area contributed by atoms with Crippen molar-refractivity contribution >= 4 is 27.7 Å². The van der Waals surface area contributed by atoms with Crippen molar-refractivity contribution in [2.45, 2.75) is 51.1 Å². The van der Waals surface area contributed by atoms with E-state index in [1.54, 1.807) is 6.20 Å². The van der Waals surface area contributed by atoms with Crippen molar-refractivity contribution in [3.05, 3.63) is 95.7 Å². The Morgan fingerprint density at radius 3 is 2.78 bits per heavy atom. The third-order valence-electron chi connectivity index (χ3n) is 7.34. The van der Waals surface area contributed by atoms with Gasteiger partial charge in [0.2, 0.25) is 0 Å². The monoisotopic (exact) mass is 490 g/mol. The molecule has 1 N–H and O–H groups in total. The Balaban J connectivity index is 1.17. The van der Waals surface area contributed by atoms with E-state index in [0.717, 1.165) is 73.0 Å². The lowest BCUT2D eigenvalue weighted by molar-refractivity contribution is 0.0976. The molecule has 0 spiro atoms. The second-order valence-electron chi connectivity index (χ2n) is 9.78. The lowest BCUT2D eigenvalue weighted by atomic mass is 9.90. The second-order valence-corrected chi connectivity index (χ2v) is 9.78. The van der Waals surface area contributed by atoms with Gasteiger partial charge in [0, 0.05) is 23.6 Å². The summed E-state index contributed by atoms with van der Waals surface area (Å²) in [5, 5.41) is 9.06. The lowest BCUT2D eigenvalue weighted by Gasteiger charge is -2.34. The van der Waals surface area contributed by atoms with Crippen LogP contribution in [-0.2, 0) is 13.0 Å². The molecule has 0 saturated carbocycles. The van der Waals surface area contributed by atoms with Crippen LogP contribution in [0.1, 0.15) is 65.6 Å². The van der Waals surface area contributed by atoms with Crippen LogP contribution < -0.4 is 0 Å². The third-order valence-corrected chi connectivity index (χ3v) is 7.34. The summed E-state index contributed by atoms with van der Waals surface area (Å²) in [5.74, 6) is 1.09. The van der Waals surface area contributed by atoms with Crippen LogP contribution in [0.2, 0.25) is 0 Å². The number of rotatable bonds is 9. The molecule has 37 heavy (non-hydrogen) atoms. The van der Waals surface area contributed by atoms with E-state index in [-0.39, 0.29) is 11.8 Å². The van der Waals surface area contributed by atoms with Gasteiger partial charge in [0.1, 0.15) is 5.82 Å². The van der Waals surface area contributed by atoms with Crippen molar-refractivity contribution in [1.29, 1.82) is 0 Å². The van der Waals surface area contributed by atoms with Crippen molar-refractivity contribution in [1.82, 2.24) is 30.0 Å². The molecule has 7 heteroatoms. The molecule has 0 radical (unpaired) electrons. The van der Waals surface area contributed by atoms with Gasteiger partial charge in [-0.2, -0.15) is 10.2 Å². The van der Waals surface area contributed by atoms with E-state index in [9.17, 15) is 4.79 Å². The largest absolute Gasteiger partial charge is 0.341 e. The minimum Gasteiger partial charge on any atom is -0.341 e. The number of para-hydroxylation sites is 2. The number of aromatic amines is 1. The smallest absolute Gasteiger partial charge is 0.165 e. The Labute approximate surface area is 216 Å². The average Bonchev–Trinajstić information content (AvgIpc) is 3.36. The molecule has 1 unspecified atom stereocenters. The van der Waals surface area contributed by atoms with Gasteiger partial charge in [-0.3, -0.25) is 14.7 Å². The molecule has 2 aromatic carbocycles. The van der Waals surface area contributed by atoms with Gasteiger partial charge in [-0.15, -0.1) is 0 Å². The number of Topliss-reactive ketones (excluding diaryl/α,β-unsaturated/α-hetero) is 1. The number of hydrogen-bond donors (Lipinski definition) is 1. The number of unbranched alkanes of at least 4 members (excludes halogenated alkanes) is 1. The summed E-state index contributed by atoms with van der Waals surface area (Å²) in [4.78, 5) is 28.7. The fraction of sp³-hybridized carbons (Fsp3) is 0.300. The van der Waals surface area contributed by atoms with E-state index in [4.69, 9.17) is 9.97 Å². The first-order chi connectivity index (χ1) is 18.3. The van der Waals surface area contributed by atoms with Gasteiger partial charge in [0.15, 0.2) is 5.78 Å². The Kier molecular flexibility index (Phi) is 6.69. The van der Waals surface area contributed by atoms with Crippen molar-refractivity contribution < 1.29 is 4.79 Å². The molecule has 1 atom stereocenters. The van der Waals surface area contributed by atoms with Crippen LogP contribution in [0.4, 0.5) is 0 Å². The molecular weight excluding hydrogens is 460 g/mol. The summed E-state index contributed by atoms with van der Waals surface area (Å²) in [6, 6.07) is 20.3. The van der Waals surface area contributed by atoms with Gasteiger partial charge in [0.25, 0.3) is 0 Å². The molecule has 6 rings (SSSR count). The highest BCUT2D eigenvalue weighted by Gasteiger charge is 2.27. The minimum atomic E-state index is 0.125. The summed E-state index contributed by atoms with van der Waals surface area (Å²) < 4.78 is 0. The molecule has 7 nitrogen and oxygen atoms in total. The first-order valence-corrected chi connectivity index (χ1v) is 13.1. The highest BCUT2D eigenvalue weighted by molar-refractivity contribution is 6.06. The second kappa shape index (κ2) is 10.6. The number of nitrogens with one attached hydrogen (secondary N) is 1. The first-order valence-electron chi connectivity index (χ1n) is 13.1. The van der Waals surface area contributed by atoms with E-state index >= 15 is 0 Å². The molecule has 3 heterocycles. The number of aromatic nitrogens is 5. The maximum atomic E-state index is 13.1. The van der Waals surface area contributed by atoms with Crippen LogP contribution in [-0.4, -0.2) is 42.4 Å². The van der Waals surface area contributed by atoms with Crippen LogP contribution in [0, 0.1) is 0 Å². The highest BCUT2D eigenvalue weighted by atomic mass is 16.1. The van der Waals surface area contributed by atoms with Crippen LogP contribution >= 0.6 is 0 Å². The van der Waals surface area contributed by atoms with E-state index in [1.807, 2.05) is 54.7 Å². The summed E-state index contributed by atoms with van der Waals surface area (Å²) in [5.41, 5.74) is 6.01. The van der Waals surface area contributed by atoms with Gasteiger partial charge in [-0.25, -0.2) is 4.98 Å². The van der Waals surface area contributed by atoms with Crippen LogP contribution in [0.15, 0.2) is 73.1 Å². The molecule has 1 aliphatic carbocycles. The molecular formula is C30H30N6O. The topological polar surface area (TPSA) is 87.7 Å². The van der Waals surface area contributed by atoms with Crippen LogP contribution in [0.5, 0.6) is 0 Å². The number of aryl methyl sites for hydroxylation is 1. The Morgan fingerprint density at radius 1 is 1.00 bits per heavy atom. The van der Waals surface area contributed by atoms with Crippen LogP contribution in [0.3, 0.4) is 0 Å². The standard InChI is InChI=1S/C30H30N6O/c37-28(23-19-32-35-24-12-2-1-11-22(23)24)16-5-6-18-36(20-29-33-25-13-3-4-14-26(25)34-29)27-15-7-9-21-10-8-17-31-30(21)27/h1-4,8,10-14,17,19,27H,5-7,9,15-16,18,20H2,(H,33,34). The predicted octanol–water partition coefficient (Wildman–Crippen LogP) is 5.83. The zero-order valence-electron chi connectivity index (χ0n) is 20.8. The van der Waals surface area contributed by atoms with Gasteiger partial charge in [0.05, 0.1) is 41.0 Å². The Bertz CT molecular complexity index is 1510. The van der Waals surface area contributed by atoms with Crippen molar-refractivity contribution in [2.24, 2.45) is 0 Å². The van der Waals surface area contributed by atoms with Crippen molar-refractivity contribution in [3.63, 3.8) is 0 Å². The summed E-state index contributed by atoms with van der Waals surface area (Å²) in [7, 11) is 0. The number of imidazole rings is 1. The lowest BCUT2D eigenvalue weighted by Crippen LogP contribution is -2.33. The van der Waals surface area contributed by atoms with Gasteiger partial charge < -0.3 is 4.98 Å². The molecule has 3 aromatic heterocycles. The molecule has 0 aliphatic heterocycles. The molecule has 186 valence electrons. The molecule has 0 fully saturated rings.